The van der Waals surface area contributed by atoms with Crippen molar-refractivity contribution in [3.05, 3.63) is 50.5 Å². The summed E-state index contributed by atoms with van der Waals surface area (Å²) in [6.45, 7) is 1.71. The van der Waals surface area contributed by atoms with E-state index in [2.05, 4.69) is 10.3 Å². The molecule has 0 aliphatic heterocycles. The topological polar surface area (TPSA) is 105 Å². The van der Waals surface area contributed by atoms with Crippen LogP contribution in [0.4, 0.5) is 10.8 Å². The molecule has 2 rings (SSSR count). The lowest BCUT2D eigenvalue weighted by atomic mass is 10.1. The molecule has 0 unspecified atom stereocenters. The third kappa shape index (κ3) is 4.13. The number of nitrogens with one attached hydrogen (secondary N) is 1. The summed E-state index contributed by atoms with van der Waals surface area (Å²) in [6.07, 6.45) is 0.0631. The molecule has 0 aliphatic carbocycles. The third-order valence-electron chi connectivity index (χ3n) is 3.16. The van der Waals surface area contributed by atoms with Crippen molar-refractivity contribution in [1.29, 1.82) is 0 Å². The number of thiazole rings is 1. The Morgan fingerprint density at radius 3 is 2.46 bits per heavy atom. The molecule has 0 saturated carbocycles. The van der Waals surface area contributed by atoms with Gasteiger partial charge in [-0.05, 0) is 12.5 Å². The number of carbonyl (C=O) groups excluding carboxylic acids is 2. The van der Waals surface area contributed by atoms with Gasteiger partial charge in [0, 0.05) is 26.2 Å². The second-order valence-corrected chi connectivity index (χ2v) is 6.28. The maximum absolute atomic E-state index is 12.1. The second-order valence-electron chi connectivity index (χ2n) is 5.28. The van der Waals surface area contributed by atoms with Crippen molar-refractivity contribution in [2.24, 2.45) is 0 Å². The number of rotatable bonds is 5. The summed E-state index contributed by atoms with van der Waals surface area (Å²) in [5, 5.41) is 13.6. The molecule has 126 valence electrons. The van der Waals surface area contributed by atoms with Gasteiger partial charge in [-0.25, -0.2) is 4.98 Å². The van der Waals surface area contributed by atoms with Gasteiger partial charge in [-0.3, -0.25) is 19.7 Å². The van der Waals surface area contributed by atoms with Gasteiger partial charge >= 0.3 is 0 Å². The number of nitro benzene ring substituents is 1. The molecule has 0 aliphatic rings. The lowest BCUT2D eigenvalue weighted by molar-refractivity contribution is -0.384. The van der Waals surface area contributed by atoms with Gasteiger partial charge in [0.2, 0.25) is 5.91 Å². The molecule has 8 nitrogen and oxygen atoms in total. The minimum Gasteiger partial charge on any atom is -0.344 e. The second kappa shape index (κ2) is 7.18. The molecule has 0 saturated heterocycles. The van der Waals surface area contributed by atoms with Gasteiger partial charge in [0.15, 0.2) is 5.13 Å². The van der Waals surface area contributed by atoms with E-state index in [4.69, 9.17) is 0 Å². The van der Waals surface area contributed by atoms with Crippen LogP contribution in [0, 0.1) is 17.0 Å². The molecule has 2 amide bonds. The Hall–Kier alpha value is -2.81. The first-order valence-corrected chi connectivity index (χ1v) is 7.82. The molecule has 0 spiro atoms. The molecule has 1 aromatic heterocycles. The summed E-state index contributed by atoms with van der Waals surface area (Å²) in [5.41, 5.74) is 1.18. The number of amides is 2. The van der Waals surface area contributed by atoms with Crippen molar-refractivity contribution in [3.63, 3.8) is 0 Å². The van der Waals surface area contributed by atoms with E-state index >= 15 is 0 Å². The molecule has 24 heavy (non-hydrogen) atoms. The Morgan fingerprint density at radius 2 is 1.92 bits per heavy atom. The Bertz CT molecular complexity index is 783. The third-order valence-corrected chi connectivity index (χ3v) is 4.22. The molecule has 1 aromatic carbocycles. The summed E-state index contributed by atoms with van der Waals surface area (Å²) in [7, 11) is 3.29. The monoisotopic (exact) mass is 348 g/mol. The maximum Gasteiger partial charge on any atom is 0.269 e. The maximum atomic E-state index is 12.1. The fraction of sp³-hybridized carbons (Fsp3) is 0.267. The fourth-order valence-electron chi connectivity index (χ4n) is 1.94. The number of hydrogen-bond acceptors (Lipinski definition) is 6. The van der Waals surface area contributed by atoms with Crippen LogP contribution in [0.3, 0.4) is 0 Å². The first-order chi connectivity index (χ1) is 11.3. The van der Waals surface area contributed by atoms with Gasteiger partial charge in [0.05, 0.1) is 17.0 Å². The first kappa shape index (κ1) is 17.5. The molecule has 9 heteroatoms. The van der Waals surface area contributed by atoms with Gasteiger partial charge in [-0.15, -0.1) is 0 Å². The molecule has 1 N–H and O–H groups in total. The number of hydrogen-bond donors (Lipinski definition) is 1. The van der Waals surface area contributed by atoms with E-state index in [1.165, 1.54) is 29.2 Å². The number of nitro groups is 1. The van der Waals surface area contributed by atoms with Gasteiger partial charge in [0.25, 0.3) is 11.6 Å². The van der Waals surface area contributed by atoms with E-state index in [0.717, 1.165) is 11.3 Å². The van der Waals surface area contributed by atoms with Crippen LogP contribution in [0.2, 0.25) is 0 Å². The van der Waals surface area contributed by atoms with Crippen molar-refractivity contribution in [1.82, 2.24) is 9.88 Å². The van der Waals surface area contributed by atoms with E-state index in [1.54, 1.807) is 21.0 Å². The van der Waals surface area contributed by atoms with Crippen LogP contribution in [-0.4, -0.2) is 40.7 Å². The summed E-state index contributed by atoms with van der Waals surface area (Å²) >= 11 is 1.12. The van der Waals surface area contributed by atoms with Crippen LogP contribution in [0.5, 0.6) is 0 Å². The van der Waals surface area contributed by atoms with Gasteiger partial charge < -0.3 is 10.2 Å². The Morgan fingerprint density at radius 1 is 1.29 bits per heavy atom. The van der Waals surface area contributed by atoms with Crippen molar-refractivity contribution in [2.45, 2.75) is 13.3 Å². The average Bonchev–Trinajstić information content (AvgIpc) is 2.87. The Labute approximate surface area is 142 Å². The molecule has 0 fully saturated rings. The highest BCUT2D eigenvalue weighted by molar-refractivity contribution is 7.17. The van der Waals surface area contributed by atoms with Crippen LogP contribution in [0.25, 0.3) is 0 Å². The molecule has 2 aromatic rings. The quantitative estimate of drug-likeness (QED) is 0.659. The SMILES string of the molecule is Cc1nc(NC(=O)Cc2ccc([N+](=O)[O-])cc2)sc1C(=O)N(C)C. The minimum atomic E-state index is -0.495. The molecular weight excluding hydrogens is 332 g/mol. The minimum absolute atomic E-state index is 0.0263. The normalized spacial score (nSPS) is 10.3. The molecular formula is C15H16N4O4S. The average molecular weight is 348 g/mol. The predicted octanol–water partition coefficient (Wildman–Crippen LogP) is 2.24. The summed E-state index contributed by atoms with van der Waals surface area (Å²) < 4.78 is 0. The van der Waals surface area contributed by atoms with Crippen molar-refractivity contribution < 1.29 is 14.5 Å². The zero-order valence-electron chi connectivity index (χ0n) is 13.4. The van der Waals surface area contributed by atoms with Crippen molar-refractivity contribution >= 4 is 34.0 Å². The number of nitrogens with zero attached hydrogens (tertiary/aromatic N) is 3. The number of benzene rings is 1. The zero-order valence-corrected chi connectivity index (χ0v) is 14.2. The van der Waals surface area contributed by atoms with Gasteiger partial charge in [0.1, 0.15) is 4.88 Å². The molecule has 1 heterocycles. The van der Waals surface area contributed by atoms with E-state index in [9.17, 15) is 19.7 Å². The molecule has 0 bridgehead atoms. The fourth-order valence-corrected chi connectivity index (χ4v) is 2.94. The van der Waals surface area contributed by atoms with E-state index in [0.29, 0.717) is 21.3 Å². The number of non-ortho nitro benzene ring substituents is 1. The van der Waals surface area contributed by atoms with E-state index in [-0.39, 0.29) is 23.9 Å². The van der Waals surface area contributed by atoms with Crippen LogP contribution in [-0.2, 0) is 11.2 Å². The van der Waals surface area contributed by atoms with Gasteiger partial charge in [-0.2, -0.15) is 0 Å². The van der Waals surface area contributed by atoms with Crippen LogP contribution in [0.15, 0.2) is 24.3 Å². The number of aromatic nitrogens is 1. The largest absolute Gasteiger partial charge is 0.344 e. The zero-order chi connectivity index (χ0) is 17.9. The Kier molecular flexibility index (Phi) is 5.24. The van der Waals surface area contributed by atoms with Crippen molar-refractivity contribution in [2.75, 3.05) is 19.4 Å². The van der Waals surface area contributed by atoms with Crippen LogP contribution >= 0.6 is 11.3 Å². The lowest BCUT2D eigenvalue weighted by Gasteiger charge is -2.07. The molecule has 0 radical (unpaired) electrons. The Balaban J connectivity index is 2.03. The standard InChI is InChI=1S/C15H16N4O4S/c1-9-13(14(21)18(2)3)24-15(16-9)17-12(20)8-10-4-6-11(7-5-10)19(22)23/h4-7H,8H2,1-3H3,(H,16,17,20). The van der Waals surface area contributed by atoms with E-state index in [1.807, 2.05) is 0 Å². The smallest absolute Gasteiger partial charge is 0.269 e. The summed E-state index contributed by atoms with van der Waals surface area (Å²) in [4.78, 5) is 40.2. The highest BCUT2D eigenvalue weighted by atomic mass is 32.1. The predicted molar refractivity (Wildman–Crippen MR) is 90.3 cm³/mol. The highest BCUT2D eigenvalue weighted by Gasteiger charge is 2.18. The first-order valence-electron chi connectivity index (χ1n) is 7.00. The summed E-state index contributed by atoms with van der Waals surface area (Å²) in [6, 6.07) is 5.77. The lowest BCUT2D eigenvalue weighted by Crippen LogP contribution is -2.21. The summed E-state index contributed by atoms with van der Waals surface area (Å²) in [5.74, 6) is -0.470. The van der Waals surface area contributed by atoms with Crippen LogP contribution in [0.1, 0.15) is 20.9 Å². The van der Waals surface area contributed by atoms with Crippen LogP contribution < -0.4 is 5.32 Å². The number of anilines is 1. The van der Waals surface area contributed by atoms with Crippen molar-refractivity contribution in [3.8, 4) is 0 Å². The molecule has 0 atom stereocenters. The van der Waals surface area contributed by atoms with Gasteiger partial charge in [-0.1, -0.05) is 23.5 Å². The van der Waals surface area contributed by atoms with E-state index < -0.39 is 4.92 Å². The number of carbonyl (C=O) groups is 2. The number of aryl methyl sites for hydroxylation is 1. The highest BCUT2D eigenvalue weighted by Crippen LogP contribution is 2.23.